The number of nitrogens with zero attached hydrogens (tertiary/aromatic N) is 2. The number of hydrogen-bond donors (Lipinski definition) is 0. The van der Waals surface area contributed by atoms with E-state index in [2.05, 4.69) is 5.10 Å². The molecule has 3 aromatic rings. The molecule has 0 bridgehead atoms. The van der Waals surface area contributed by atoms with E-state index < -0.39 is 0 Å². The number of methoxy groups -OCH3 is 3. The van der Waals surface area contributed by atoms with Gasteiger partial charge in [-0.2, -0.15) is 10.1 Å². The van der Waals surface area contributed by atoms with Gasteiger partial charge in [-0.3, -0.25) is 4.79 Å². The lowest BCUT2D eigenvalue weighted by atomic mass is 9.99. The number of anilines is 1. The van der Waals surface area contributed by atoms with Gasteiger partial charge in [-0.1, -0.05) is 18.2 Å². The normalized spacial score (nSPS) is 14.5. The average Bonchev–Trinajstić information content (AvgIpc) is 3.15. The summed E-state index contributed by atoms with van der Waals surface area (Å²) >= 11 is 0. The molecule has 3 aromatic carbocycles. The molecule has 0 unspecified atom stereocenters. The predicted molar refractivity (Wildman–Crippen MR) is 121 cm³/mol. The molecule has 4 rings (SSSR count). The van der Waals surface area contributed by atoms with Crippen LogP contribution in [0.3, 0.4) is 0 Å². The molecule has 0 radical (unpaired) electrons. The maximum Gasteiger partial charge on any atom is 0.281 e. The van der Waals surface area contributed by atoms with Gasteiger partial charge in [0.05, 0.1) is 32.6 Å². The first-order chi connectivity index (χ1) is 15.1. The molecular weight excluding hydrogens is 392 g/mol. The number of rotatable bonds is 6. The van der Waals surface area contributed by atoms with E-state index in [4.69, 9.17) is 14.2 Å². The molecule has 0 aromatic heterocycles. The fourth-order valence-corrected chi connectivity index (χ4v) is 3.34. The molecule has 1 aliphatic heterocycles. The van der Waals surface area contributed by atoms with Crippen LogP contribution >= 0.6 is 0 Å². The minimum absolute atomic E-state index is 0.213. The summed E-state index contributed by atoms with van der Waals surface area (Å²) in [6, 6.07) is 22.3. The van der Waals surface area contributed by atoms with Crippen LogP contribution in [0.5, 0.6) is 17.2 Å². The van der Waals surface area contributed by atoms with E-state index in [1.54, 1.807) is 33.5 Å². The highest BCUT2D eigenvalue weighted by Gasteiger charge is 2.32. The largest absolute Gasteiger partial charge is 0.497 e. The van der Waals surface area contributed by atoms with E-state index >= 15 is 0 Å². The van der Waals surface area contributed by atoms with Crippen LogP contribution in [0.4, 0.5) is 5.69 Å². The zero-order valence-electron chi connectivity index (χ0n) is 17.5. The van der Waals surface area contributed by atoms with E-state index in [0.717, 1.165) is 16.9 Å². The Morgan fingerprint density at radius 3 is 2.13 bits per heavy atom. The number of para-hydroxylation sites is 1. The van der Waals surface area contributed by atoms with Crippen molar-refractivity contribution in [2.45, 2.75) is 0 Å². The van der Waals surface area contributed by atoms with E-state index in [9.17, 15) is 4.79 Å². The SMILES string of the molecule is COc1ccc(C2=NN(c3ccccc3)C(=O)/C2=C\c2ccc(OC)cc2OC)cc1. The lowest BCUT2D eigenvalue weighted by Crippen LogP contribution is -2.21. The molecule has 156 valence electrons. The topological polar surface area (TPSA) is 60.4 Å². The summed E-state index contributed by atoms with van der Waals surface area (Å²) in [5.41, 5.74) is 3.31. The highest BCUT2D eigenvalue weighted by Crippen LogP contribution is 2.31. The molecule has 1 amide bonds. The third kappa shape index (κ3) is 4.00. The van der Waals surface area contributed by atoms with Crippen LogP contribution in [0.2, 0.25) is 0 Å². The first-order valence-electron chi connectivity index (χ1n) is 9.71. The van der Waals surface area contributed by atoms with Crippen LogP contribution in [0, 0.1) is 0 Å². The van der Waals surface area contributed by atoms with E-state index in [-0.39, 0.29) is 5.91 Å². The van der Waals surface area contributed by atoms with Crippen molar-refractivity contribution in [3.63, 3.8) is 0 Å². The number of benzene rings is 3. The number of carbonyl (C=O) groups is 1. The minimum Gasteiger partial charge on any atom is -0.497 e. The Balaban J connectivity index is 1.83. The summed E-state index contributed by atoms with van der Waals surface area (Å²) in [5.74, 6) is 1.80. The number of hydrogen-bond acceptors (Lipinski definition) is 5. The third-order valence-electron chi connectivity index (χ3n) is 4.98. The molecule has 31 heavy (non-hydrogen) atoms. The van der Waals surface area contributed by atoms with Crippen molar-refractivity contribution in [3.8, 4) is 17.2 Å². The van der Waals surface area contributed by atoms with Crippen LogP contribution in [-0.4, -0.2) is 32.9 Å². The van der Waals surface area contributed by atoms with Crippen molar-refractivity contribution < 1.29 is 19.0 Å². The first kappa shape index (κ1) is 20.2. The molecule has 0 saturated carbocycles. The van der Waals surface area contributed by atoms with Gasteiger partial charge in [-0.15, -0.1) is 0 Å². The van der Waals surface area contributed by atoms with Gasteiger partial charge in [0.25, 0.3) is 5.91 Å². The Labute approximate surface area is 181 Å². The van der Waals surface area contributed by atoms with Gasteiger partial charge >= 0.3 is 0 Å². The number of ether oxygens (including phenoxy) is 3. The zero-order chi connectivity index (χ0) is 21.8. The van der Waals surface area contributed by atoms with Gasteiger partial charge in [0.15, 0.2) is 0 Å². The second kappa shape index (κ2) is 8.75. The number of carbonyl (C=O) groups excluding carboxylic acids is 1. The Morgan fingerprint density at radius 2 is 1.48 bits per heavy atom. The summed E-state index contributed by atoms with van der Waals surface area (Å²) in [5, 5.41) is 6.08. The van der Waals surface area contributed by atoms with E-state index in [0.29, 0.717) is 28.5 Å². The highest BCUT2D eigenvalue weighted by atomic mass is 16.5. The molecule has 0 spiro atoms. The maximum absolute atomic E-state index is 13.4. The van der Waals surface area contributed by atoms with Crippen LogP contribution in [-0.2, 0) is 4.79 Å². The number of amides is 1. The highest BCUT2D eigenvalue weighted by molar-refractivity contribution is 6.37. The lowest BCUT2D eigenvalue weighted by Gasteiger charge is -2.11. The van der Waals surface area contributed by atoms with Gasteiger partial charge in [0.1, 0.15) is 23.0 Å². The minimum atomic E-state index is -0.213. The summed E-state index contributed by atoms with van der Waals surface area (Å²) in [6.45, 7) is 0. The van der Waals surface area contributed by atoms with Gasteiger partial charge in [-0.05, 0) is 54.6 Å². The van der Waals surface area contributed by atoms with Crippen molar-refractivity contribution >= 4 is 23.4 Å². The maximum atomic E-state index is 13.4. The average molecular weight is 414 g/mol. The quantitative estimate of drug-likeness (QED) is 0.556. The standard InChI is InChI=1S/C25H22N2O4/c1-29-20-12-9-17(10-13-20)24-22(15-18-11-14-21(30-2)16-23(18)31-3)25(28)27(26-24)19-7-5-4-6-8-19/h4-16H,1-3H3/b22-15-. The van der Waals surface area contributed by atoms with Gasteiger partial charge < -0.3 is 14.2 Å². The monoisotopic (exact) mass is 414 g/mol. The summed E-state index contributed by atoms with van der Waals surface area (Å²) in [4.78, 5) is 13.4. The second-order valence-electron chi connectivity index (χ2n) is 6.80. The Kier molecular flexibility index (Phi) is 5.71. The number of hydrazone groups is 1. The molecule has 0 aliphatic carbocycles. The third-order valence-corrected chi connectivity index (χ3v) is 4.98. The Morgan fingerprint density at radius 1 is 0.806 bits per heavy atom. The molecule has 6 heteroatoms. The zero-order valence-corrected chi connectivity index (χ0v) is 17.5. The summed E-state index contributed by atoms with van der Waals surface area (Å²) in [6.07, 6.45) is 1.80. The molecule has 0 fully saturated rings. The molecule has 1 heterocycles. The molecular formula is C25H22N2O4. The molecule has 0 atom stereocenters. The van der Waals surface area contributed by atoms with Crippen LogP contribution < -0.4 is 19.2 Å². The Bertz CT molecular complexity index is 1150. The van der Waals surface area contributed by atoms with Crippen molar-refractivity contribution in [2.75, 3.05) is 26.3 Å². The molecule has 1 aliphatic rings. The van der Waals surface area contributed by atoms with Gasteiger partial charge in [-0.25, -0.2) is 0 Å². The summed E-state index contributed by atoms with van der Waals surface area (Å²) in [7, 11) is 4.80. The molecule has 6 nitrogen and oxygen atoms in total. The van der Waals surface area contributed by atoms with Gasteiger partial charge in [0, 0.05) is 17.2 Å². The summed E-state index contributed by atoms with van der Waals surface area (Å²) < 4.78 is 16.0. The van der Waals surface area contributed by atoms with Crippen molar-refractivity contribution in [3.05, 3.63) is 89.5 Å². The van der Waals surface area contributed by atoms with Crippen LogP contribution in [0.1, 0.15) is 11.1 Å². The van der Waals surface area contributed by atoms with Crippen LogP contribution in [0.15, 0.2) is 83.5 Å². The fourth-order valence-electron chi connectivity index (χ4n) is 3.34. The van der Waals surface area contributed by atoms with E-state index in [1.807, 2.05) is 66.7 Å². The lowest BCUT2D eigenvalue weighted by molar-refractivity contribution is -0.114. The first-order valence-corrected chi connectivity index (χ1v) is 9.71. The van der Waals surface area contributed by atoms with Crippen LogP contribution in [0.25, 0.3) is 6.08 Å². The van der Waals surface area contributed by atoms with Crippen molar-refractivity contribution in [1.29, 1.82) is 0 Å². The van der Waals surface area contributed by atoms with E-state index in [1.165, 1.54) is 5.01 Å². The molecule has 0 N–H and O–H groups in total. The predicted octanol–water partition coefficient (Wildman–Crippen LogP) is 4.55. The Hall–Kier alpha value is -4.06. The molecule has 0 saturated heterocycles. The van der Waals surface area contributed by atoms with Crippen molar-refractivity contribution in [2.24, 2.45) is 5.10 Å². The second-order valence-corrected chi connectivity index (χ2v) is 6.80. The van der Waals surface area contributed by atoms with Crippen molar-refractivity contribution in [1.82, 2.24) is 0 Å². The smallest absolute Gasteiger partial charge is 0.281 e. The fraction of sp³-hybridized carbons (Fsp3) is 0.120. The van der Waals surface area contributed by atoms with Gasteiger partial charge in [0.2, 0.25) is 0 Å².